The summed E-state index contributed by atoms with van der Waals surface area (Å²) < 4.78 is 5.25. The van der Waals surface area contributed by atoms with E-state index in [1.807, 2.05) is 13.8 Å². The van der Waals surface area contributed by atoms with E-state index < -0.39 is 12.0 Å². The van der Waals surface area contributed by atoms with E-state index in [-0.39, 0.29) is 25.0 Å². The molecule has 0 bridgehead atoms. The highest BCUT2D eigenvalue weighted by Crippen LogP contribution is 2.12. The van der Waals surface area contributed by atoms with E-state index in [4.69, 9.17) is 9.84 Å². The van der Waals surface area contributed by atoms with Crippen LogP contribution < -0.4 is 5.32 Å². The molecular formula is C14H19NO4. The monoisotopic (exact) mass is 265 g/mol. The van der Waals surface area contributed by atoms with Gasteiger partial charge in [0, 0.05) is 0 Å². The number of carboxylic acid groups (broad SMARTS) is 1. The highest BCUT2D eigenvalue weighted by atomic mass is 16.5. The van der Waals surface area contributed by atoms with Crippen LogP contribution in [0.15, 0.2) is 30.3 Å². The summed E-state index contributed by atoms with van der Waals surface area (Å²) >= 11 is 0. The molecule has 1 aromatic rings. The molecule has 0 saturated carbocycles. The van der Waals surface area contributed by atoms with Crippen molar-refractivity contribution in [3.8, 4) is 0 Å². The van der Waals surface area contributed by atoms with Crippen LogP contribution in [0.1, 0.15) is 31.9 Å². The van der Waals surface area contributed by atoms with E-state index in [1.54, 1.807) is 30.3 Å². The molecule has 0 radical (unpaired) electrons. The summed E-state index contributed by atoms with van der Waals surface area (Å²) in [5, 5.41) is 11.6. The summed E-state index contributed by atoms with van der Waals surface area (Å²) in [6, 6.07) is 7.58. The van der Waals surface area contributed by atoms with Crippen molar-refractivity contribution < 1.29 is 19.4 Å². The molecule has 0 aliphatic carbocycles. The lowest BCUT2D eigenvalue weighted by Crippen LogP contribution is -2.34. The third-order valence-corrected chi connectivity index (χ3v) is 2.47. The van der Waals surface area contributed by atoms with Gasteiger partial charge in [0.2, 0.25) is 5.91 Å². The molecule has 2 N–H and O–H groups in total. The van der Waals surface area contributed by atoms with Crippen molar-refractivity contribution in [1.82, 2.24) is 5.32 Å². The zero-order chi connectivity index (χ0) is 14.3. The van der Waals surface area contributed by atoms with Crippen molar-refractivity contribution in [2.24, 2.45) is 0 Å². The van der Waals surface area contributed by atoms with Crippen LogP contribution in [0.2, 0.25) is 0 Å². The van der Waals surface area contributed by atoms with Gasteiger partial charge in [-0.25, -0.2) is 4.79 Å². The van der Waals surface area contributed by atoms with Crippen LogP contribution in [0, 0.1) is 0 Å². The highest BCUT2D eigenvalue weighted by molar-refractivity contribution is 5.84. The van der Waals surface area contributed by atoms with E-state index in [0.29, 0.717) is 5.56 Å². The van der Waals surface area contributed by atoms with Gasteiger partial charge in [-0.05, 0) is 19.4 Å². The minimum Gasteiger partial charge on any atom is -0.479 e. The summed E-state index contributed by atoms with van der Waals surface area (Å²) in [6.45, 7) is 4.04. The number of carbonyl (C=O) groups excluding carboxylic acids is 1. The molecule has 5 nitrogen and oxygen atoms in total. The second-order valence-corrected chi connectivity index (χ2v) is 4.42. The Balaban J connectivity index is 2.55. The molecule has 1 aromatic carbocycles. The Labute approximate surface area is 112 Å². The molecule has 19 heavy (non-hydrogen) atoms. The summed E-state index contributed by atoms with van der Waals surface area (Å²) in [6.07, 6.45) is 0.201. The molecular weight excluding hydrogens is 246 g/mol. The molecule has 5 heteroatoms. The molecule has 0 aliphatic heterocycles. The average molecular weight is 265 g/mol. The van der Waals surface area contributed by atoms with E-state index in [1.165, 1.54) is 0 Å². The first kappa shape index (κ1) is 15.2. The molecule has 1 unspecified atom stereocenters. The number of carbonyl (C=O) groups is 2. The van der Waals surface area contributed by atoms with Crippen molar-refractivity contribution in [2.75, 3.05) is 6.61 Å². The number of aliphatic carboxylic acids is 1. The molecule has 0 aromatic heterocycles. The molecule has 1 amide bonds. The van der Waals surface area contributed by atoms with Gasteiger partial charge in [-0.15, -0.1) is 0 Å². The molecule has 0 fully saturated rings. The van der Waals surface area contributed by atoms with E-state index >= 15 is 0 Å². The number of ether oxygens (including phenoxy) is 1. The first-order chi connectivity index (χ1) is 9.00. The van der Waals surface area contributed by atoms with Crippen molar-refractivity contribution in [3.05, 3.63) is 35.9 Å². The third-order valence-electron chi connectivity index (χ3n) is 2.47. The Kier molecular flexibility index (Phi) is 6.02. The Hall–Kier alpha value is -1.88. The van der Waals surface area contributed by atoms with Crippen molar-refractivity contribution in [2.45, 2.75) is 32.4 Å². The lowest BCUT2D eigenvalue weighted by atomic mass is 10.1. The van der Waals surface area contributed by atoms with Gasteiger partial charge in [0.1, 0.15) is 0 Å². The molecule has 0 saturated heterocycles. The van der Waals surface area contributed by atoms with Gasteiger partial charge in [0.15, 0.2) is 6.04 Å². The second-order valence-electron chi connectivity index (χ2n) is 4.42. The maximum absolute atomic E-state index is 11.7. The number of hydrogen-bond donors (Lipinski definition) is 2. The quantitative estimate of drug-likeness (QED) is 0.787. The number of rotatable bonds is 7. The van der Waals surface area contributed by atoms with Crippen LogP contribution in [0.3, 0.4) is 0 Å². The minimum absolute atomic E-state index is 0.0530. The predicted molar refractivity (Wildman–Crippen MR) is 70.7 cm³/mol. The van der Waals surface area contributed by atoms with Crippen LogP contribution in [0.5, 0.6) is 0 Å². The number of amides is 1. The van der Waals surface area contributed by atoms with Gasteiger partial charge in [0.25, 0.3) is 0 Å². The Bertz CT molecular complexity index is 417. The lowest BCUT2D eigenvalue weighted by molar-refractivity contribution is -0.142. The van der Waals surface area contributed by atoms with E-state index in [0.717, 1.165) is 0 Å². The largest absolute Gasteiger partial charge is 0.479 e. The van der Waals surface area contributed by atoms with Crippen LogP contribution in [0.25, 0.3) is 0 Å². The van der Waals surface area contributed by atoms with Gasteiger partial charge in [-0.1, -0.05) is 30.3 Å². The fourth-order valence-corrected chi connectivity index (χ4v) is 1.55. The summed E-state index contributed by atoms with van der Waals surface area (Å²) in [7, 11) is 0. The number of nitrogens with one attached hydrogen (secondary N) is 1. The maximum Gasteiger partial charge on any atom is 0.330 e. The zero-order valence-corrected chi connectivity index (χ0v) is 11.1. The van der Waals surface area contributed by atoms with E-state index in [9.17, 15) is 9.59 Å². The highest BCUT2D eigenvalue weighted by Gasteiger charge is 2.21. The maximum atomic E-state index is 11.7. The molecule has 0 heterocycles. The van der Waals surface area contributed by atoms with Gasteiger partial charge < -0.3 is 15.2 Å². The van der Waals surface area contributed by atoms with Crippen LogP contribution in [0.4, 0.5) is 0 Å². The molecule has 0 aliphatic rings. The molecule has 0 spiro atoms. The second kappa shape index (κ2) is 7.53. The van der Waals surface area contributed by atoms with Gasteiger partial charge in [-0.3, -0.25) is 4.79 Å². The fourth-order valence-electron chi connectivity index (χ4n) is 1.55. The topological polar surface area (TPSA) is 75.6 Å². The average Bonchev–Trinajstić information content (AvgIpc) is 2.36. The van der Waals surface area contributed by atoms with Crippen molar-refractivity contribution in [1.29, 1.82) is 0 Å². The zero-order valence-electron chi connectivity index (χ0n) is 11.1. The van der Waals surface area contributed by atoms with E-state index in [2.05, 4.69) is 5.32 Å². The van der Waals surface area contributed by atoms with Crippen molar-refractivity contribution >= 4 is 11.9 Å². The summed E-state index contributed by atoms with van der Waals surface area (Å²) in [5.74, 6) is -1.42. The van der Waals surface area contributed by atoms with Gasteiger partial charge in [0.05, 0.1) is 19.1 Å². The van der Waals surface area contributed by atoms with Crippen molar-refractivity contribution in [3.63, 3.8) is 0 Å². The van der Waals surface area contributed by atoms with Crippen LogP contribution in [-0.4, -0.2) is 29.7 Å². The van der Waals surface area contributed by atoms with Crippen LogP contribution >= 0.6 is 0 Å². The SMILES string of the molecule is CC(C)OCCC(=O)NC(C(=O)O)c1ccccc1. The summed E-state index contributed by atoms with van der Waals surface area (Å²) in [4.78, 5) is 22.8. The first-order valence-corrected chi connectivity index (χ1v) is 6.19. The standard InChI is InChI=1S/C14H19NO4/c1-10(2)19-9-8-12(16)15-13(14(17)18)11-6-4-3-5-7-11/h3-7,10,13H,8-9H2,1-2H3,(H,15,16)(H,17,18). The number of carboxylic acids is 1. The Morgan fingerprint density at radius 1 is 1.26 bits per heavy atom. The number of benzene rings is 1. The Morgan fingerprint density at radius 2 is 1.89 bits per heavy atom. The Morgan fingerprint density at radius 3 is 2.42 bits per heavy atom. The number of hydrogen-bond acceptors (Lipinski definition) is 3. The van der Waals surface area contributed by atoms with Gasteiger partial charge >= 0.3 is 5.97 Å². The lowest BCUT2D eigenvalue weighted by Gasteiger charge is -2.15. The molecule has 1 rings (SSSR count). The minimum atomic E-state index is -1.08. The molecule has 104 valence electrons. The fraction of sp³-hybridized carbons (Fsp3) is 0.429. The predicted octanol–water partition coefficient (Wildman–Crippen LogP) is 1.74. The summed E-state index contributed by atoms with van der Waals surface area (Å²) in [5.41, 5.74) is 0.549. The van der Waals surface area contributed by atoms with Gasteiger partial charge in [-0.2, -0.15) is 0 Å². The van der Waals surface area contributed by atoms with Crippen LogP contribution in [-0.2, 0) is 14.3 Å². The smallest absolute Gasteiger partial charge is 0.330 e. The third kappa shape index (κ3) is 5.52. The normalized spacial score (nSPS) is 12.2. The molecule has 1 atom stereocenters. The first-order valence-electron chi connectivity index (χ1n) is 6.19.